The van der Waals surface area contributed by atoms with Gasteiger partial charge in [-0.05, 0) is 42.3 Å². The first-order chi connectivity index (χ1) is 26.3. The van der Waals surface area contributed by atoms with Gasteiger partial charge in [-0.3, -0.25) is 0 Å². The van der Waals surface area contributed by atoms with E-state index in [4.69, 9.17) is 33.2 Å². The summed E-state index contributed by atoms with van der Waals surface area (Å²) in [6, 6.07) is 12.5. The van der Waals surface area contributed by atoms with Gasteiger partial charge in [0.1, 0.15) is 23.7 Å². The second-order valence-corrected chi connectivity index (χ2v) is 15.0. The van der Waals surface area contributed by atoms with Crippen molar-refractivity contribution in [2.45, 2.75) is 116 Å². The Morgan fingerprint density at radius 1 is 0.566 bits per heavy atom. The lowest BCUT2D eigenvalue weighted by atomic mass is 10.0. The summed E-state index contributed by atoms with van der Waals surface area (Å²) >= 11 is 1.82. The van der Waals surface area contributed by atoms with Gasteiger partial charge in [-0.15, -0.1) is 0 Å². The van der Waals surface area contributed by atoms with E-state index in [2.05, 4.69) is 47.9 Å². The van der Waals surface area contributed by atoms with E-state index >= 15 is 0 Å². The third kappa shape index (κ3) is 17.5. The number of methoxy groups -OCH3 is 1. The molecule has 53 heavy (non-hydrogen) atoms. The molecule has 0 unspecified atom stereocenters. The Labute approximate surface area is 324 Å². The fourth-order valence-electron chi connectivity index (χ4n) is 6.59. The SMILES string of the molecule is CCCCCCCCCCCCCCCCCC[n+]1c(/C=C/c2ccc3c(c2)OCCOCCOCCOCCOCCO3)sc2ccc(OC)cc21. The van der Waals surface area contributed by atoms with Crippen LogP contribution in [-0.4, -0.2) is 73.2 Å². The predicted molar refractivity (Wildman–Crippen MR) is 218 cm³/mol. The van der Waals surface area contributed by atoms with E-state index in [1.165, 1.54) is 118 Å². The lowest BCUT2D eigenvalue weighted by molar-refractivity contribution is -0.669. The first-order valence-electron chi connectivity index (χ1n) is 20.7. The molecule has 0 atom stereocenters. The number of fused-ring (bicyclic) bond motifs is 2. The van der Waals surface area contributed by atoms with E-state index < -0.39 is 0 Å². The molecule has 0 aliphatic carbocycles. The van der Waals surface area contributed by atoms with Crippen molar-refractivity contribution >= 4 is 33.7 Å². The molecule has 8 nitrogen and oxygen atoms in total. The highest BCUT2D eigenvalue weighted by molar-refractivity contribution is 7.18. The maximum absolute atomic E-state index is 6.16. The van der Waals surface area contributed by atoms with Gasteiger partial charge in [0, 0.05) is 12.5 Å². The normalized spacial score (nSPS) is 15.4. The number of rotatable bonds is 20. The fraction of sp³-hybridized carbons (Fsp3) is 0.659. The van der Waals surface area contributed by atoms with Gasteiger partial charge in [-0.2, -0.15) is 4.57 Å². The average Bonchev–Trinajstić information content (AvgIpc) is 3.53. The number of benzene rings is 2. The Kier molecular flexibility index (Phi) is 22.6. The van der Waals surface area contributed by atoms with Crippen LogP contribution in [-0.2, 0) is 25.5 Å². The van der Waals surface area contributed by atoms with E-state index in [0.29, 0.717) is 77.6 Å². The van der Waals surface area contributed by atoms with Gasteiger partial charge in [0.25, 0.3) is 5.01 Å². The summed E-state index contributed by atoms with van der Waals surface area (Å²) in [4.78, 5) is 0. The van der Waals surface area contributed by atoms with E-state index in [9.17, 15) is 0 Å². The van der Waals surface area contributed by atoms with Gasteiger partial charge >= 0.3 is 0 Å². The van der Waals surface area contributed by atoms with Crippen molar-refractivity contribution in [2.24, 2.45) is 0 Å². The molecular formula is C44H68NO7S+. The number of nitrogens with zero attached hydrogens (tertiary/aromatic N) is 1. The summed E-state index contributed by atoms with van der Waals surface area (Å²) in [5, 5.41) is 1.22. The summed E-state index contributed by atoms with van der Waals surface area (Å²) in [7, 11) is 1.74. The van der Waals surface area contributed by atoms with Crippen molar-refractivity contribution < 1.29 is 37.7 Å². The van der Waals surface area contributed by atoms with Gasteiger partial charge in [-0.1, -0.05) is 114 Å². The Balaban J connectivity index is 1.28. The molecule has 2 aromatic carbocycles. The van der Waals surface area contributed by atoms with Gasteiger partial charge < -0.3 is 33.2 Å². The molecule has 1 aliphatic heterocycles. The molecular weight excluding hydrogens is 687 g/mol. The molecule has 1 aliphatic rings. The summed E-state index contributed by atoms with van der Waals surface area (Å²) < 4.78 is 44.0. The minimum Gasteiger partial charge on any atom is -0.497 e. The van der Waals surface area contributed by atoms with Crippen molar-refractivity contribution in [2.75, 3.05) is 73.2 Å². The maximum Gasteiger partial charge on any atom is 0.262 e. The van der Waals surface area contributed by atoms with Crippen LogP contribution in [0, 0.1) is 0 Å². The van der Waals surface area contributed by atoms with Crippen molar-refractivity contribution in [1.82, 2.24) is 0 Å². The highest BCUT2D eigenvalue weighted by Gasteiger charge is 2.19. The molecule has 4 rings (SSSR count). The number of aryl methyl sites for hydroxylation is 1. The third-order valence-electron chi connectivity index (χ3n) is 9.65. The fourth-order valence-corrected chi connectivity index (χ4v) is 7.66. The lowest BCUT2D eigenvalue weighted by Crippen LogP contribution is -2.35. The Morgan fingerprint density at radius 2 is 1.08 bits per heavy atom. The molecule has 0 amide bonds. The molecule has 0 spiro atoms. The molecule has 0 saturated carbocycles. The van der Waals surface area contributed by atoms with Crippen LogP contribution in [0.1, 0.15) is 120 Å². The molecule has 3 aromatic rings. The number of hydrogen-bond donors (Lipinski definition) is 0. The van der Waals surface area contributed by atoms with Gasteiger partial charge in [-0.25, -0.2) is 0 Å². The molecule has 9 heteroatoms. The monoisotopic (exact) mass is 754 g/mol. The summed E-state index contributed by atoms with van der Waals surface area (Å²) in [6.45, 7) is 8.24. The zero-order chi connectivity index (χ0) is 37.0. The summed E-state index contributed by atoms with van der Waals surface area (Å²) in [6.07, 6.45) is 26.4. The van der Waals surface area contributed by atoms with E-state index in [-0.39, 0.29) is 0 Å². The molecule has 0 bridgehead atoms. The smallest absolute Gasteiger partial charge is 0.262 e. The Hall–Kier alpha value is -2.69. The first-order valence-corrected chi connectivity index (χ1v) is 21.5. The number of unbranched alkanes of at least 4 members (excludes halogenated alkanes) is 15. The number of ether oxygens (including phenoxy) is 7. The van der Waals surface area contributed by atoms with Crippen LogP contribution in [0.25, 0.3) is 22.4 Å². The lowest BCUT2D eigenvalue weighted by Gasteiger charge is -2.14. The van der Waals surface area contributed by atoms with Crippen molar-refractivity contribution in [1.29, 1.82) is 0 Å². The number of aromatic nitrogens is 1. The molecule has 296 valence electrons. The van der Waals surface area contributed by atoms with Gasteiger partial charge in [0.05, 0.1) is 66.0 Å². The first kappa shape index (κ1) is 43.0. The standard InChI is InChI=1S/C44H68NO7S/c1-3-4-5-6-7-8-9-10-11-12-13-14-15-16-17-18-25-45-40-37-39(46-2)21-23-43(40)53-44(45)24-20-38-19-22-41-42(36-38)52-35-33-50-31-29-48-27-26-47-28-30-49-32-34-51-41/h19-24,36-37H,3-18,25-35H2,1-2H3/q+1/b24-20+. The van der Waals surface area contributed by atoms with Crippen molar-refractivity contribution in [3.63, 3.8) is 0 Å². The maximum atomic E-state index is 6.16. The zero-order valence-corrected chi connectivity index (χ0v) is 33.7. The topological polar surface area (TPSA) is 68.5 Å². The quantitative estimate of drug-likeness (QED) is 0.0840. The van der Waals surface area contributed by atoms with Crippen molar-refractivity contribution in [3.8, 4) is 17.2 Å². The molecule has 0 N–H and O–H groups in total. The van der Waals surface area contributed by atoms with Crippen LogP contribution < -0.4 is 18.8 Å². The van der Waals surface area contributed by atoms with E-state index in [1.54, 1.807) is 7.11 Å². The molecule has 1 aromatic heterocycles. The second-order valence-electron chi connectivity index (χ2n) is 13.9. The van der Waals surface area contributed by atoms with Gasteiger partial charge in [0.2, 0.25) is 5.52 Å². The van der Waals surface area contributed by atoms with Crippen LogP contribution in [0.3, 0.4) is 0 Å². The molecule has 0 fully saturated rings. The minimum absolute atomic E-state index is 0.417. The summed E-state index contributed by atoms with van der Waals surface area (Å²) in [5.41, 5.74) is 2.27. The van der Waals surface area contributed by atoms with Crippen LogP contribution >= 0.6 is 11.3 Å². The molecule has 0 radical (unpaired) electrons. The highest BCUT2D eigenvalue weighted by atomic mass is 32.1. The summed E-state index contributed by atoms with van der Waals surface area (Å²) in [5.74, 6) is 2.28. The van der Waals surface area contributed by atoms with Crippen LogP contribution in [0.4, 0.5) is 0 Å². The second kappa shape index (κ2) is 27.8. The Morgan fingerprint density at radius 3 is 1.62 bits per heavy atom. The highest BCUT2D eigenvalue weighted by Crippen LogP contribution is 2.31. The third-order valence-corrected chi connectivity index (χ3v) is 10.8. The van der Waals surface area contributed by atoms with Crippen LogP contribution in [0.5, 0.6) is 17.2 Å². The number of thiazole rings is 1. The Bertz CT molecular complexity index is 1410. The number of hydrogen-bond acceptors (Lipinski definition) is 8. The molecule has 2 heterocycles. The van der Waals surface area contributed by atoms with Crippen LogP contribution in [0.2, 0.25) is 0 Å². The van der Waals surface area contributed by atoms with Gasteiger partial charge in [0.15, 0.2) is 18.0 Å². The minimum atomic E-state index is 0.417. The zero-order valence-electron chi connectivity index (χ0n) is 32.9. The van der Waals surface area contributed by atoms with Crippen molar-refractivity contribution in [3.05, 3.63) is 47.0 Å². The van der Waals surface area contributed by atoms with Crippen LogP contribution in [0.15, 0.2) is 36.4 Å². The van der Waals surface area contributed by atoms with E-state index in [0.717, 1.165) is 17.9 Å². The van der Waals surface area contributed by atoms with E-state index in [1.807, 2.05) is 23.5 Å². The predicted octanol–water partition coefficient (Wildman–Crippen LogP) is 10.5. The average molecular weight is 755 g/mol. The largest absolute Gasteiger partial charge is 0.497 e. The molecule has 0 saturated heterocycles.